The van der Waals surface area contributed by atoms with Crippen molar-refractivity contribution in [3.63, 3.8) is 0 Å². The van der Waals surface area contributed by atoms with E-state index < -0.39 is 0 Å². The van der Waals surface area contributed by atoms with Crippen molar-refractivity contribution in [1.29, 1.82) is 0 Å². The van der Waals surface area contributed by atoms with Crippen LogP contribution in [0.3, 0.4) is 0 Å². The second-order valence-electron chi connectivity index (χ2n) is 3.32. The molecule has 5 heteroatoms. The Morgan fingerprint density at radius 1 is 1.47 bits per heavy atom. The largest absolute Gasteiger partial charge is 0.394 e. The summed E-state index contributed by atoms with van der Waals surface area (Å²) in [6, 6.07) is 5.61. The molecule has 2 aromatic heterocycles. The molecule has 0 radical (unpaired) electrons. The first-order chi connectivity index (χ1) is 7.08. The van der Waals surface area contributed by atoms with Gasteiger partial charge in [-0.2, -0.15) is 5.10 Å². The number of anilines is 1. The van der Waals surface area contributed by atoms with Crippen molar-refractivity contribution >= 4 is 17.0 Å². The summed E-state index contributed by atoms with van der Waals surface area (Å²) in [5.74, 6) is 0. The molecule has 4 nitrogen and oxygen atoms in total. The highest BCUT2D eigenvalue weighted by Gasteiger charge is 2.06. The lowest BCUT2D eigenvalue weighted by Gasteiger charge is -2.02. The van der Waals surface area contributed by atoms with Gasteiger partial charge in [0.1, 0.15) is 11.4 Å². The summed E-state index contributed by atoms with van der Waals surface area (Å²) in [6.07, 6.45) is 0. The molecule has 2 heterocycles. The summed E-state index contributed by atoms with van der Waals surface area (Å²) in [5, 5.41) is 4.15. The van der Waals surface area contributed by atoms with Gasteiger partial charge < -0.3 is 5.73 Å². The van der Waals surface area contributed by atoms with Crippen LogP contribution in [0.5, 0.6) is 0 Å². The quantitative estimate of drug-likeness (QED) is 0.791. The van der Waals surface area contributed by atoms with Crippen molar-refractivity contribution < 1.29 is 0 Å². The van der Waals surface area contributed by atoms with Gasteiger partial charge in [0, 0.05) is 11.9 Å². The summed E-state index contributed by atoms with van der Waals surface area (Å²) in [5.41, 5.74) is 6.31. The van der Waals surface area contributed by atoms with Crippen LogP contribution in [0, 0.1) is 6.92 Å². The summed E-state index contributed by atoms with van der Waals surface area (Å²) >= 11 is 1.63. The number of hydrogen-bond acceptors (Lipinski definition) is 4. The average molecular weight is 221 g/mol. The predicted octanol–water partition coefficient (Wildman–Crippen LogP) is 1.40. The maximum absolute atomic E-state index is 11.3. The van der Waals surface area contributed by atoms with E-state index in [1.807, 2.05) is 19.1 Å². The van der Waals surface area contributed by atoms with Crippen LogP contribution in [0.15, 0.2) is 23.0 Å². The third-order valence-electron chi connectivity index (χ3n) is 2.08. The van der Waals surface area contributed by atoms with Crippen LogP contribution in [-0.4, -0.2) is 9.78 Å². The zero-order valence-corrected chi connectivity index (χ0v) is 9.34. The number of thiophene rings is 1. The highest BCUT2D eigenvalue weighted by molar-refractivity contribution is 7.15. The van der Waals surface area contributed by atoms with Crippen molar-refractivity contribution in [3.8, 4) is 10.6 Å². The van der Waals surface area contributed by atoms with Crippen LogP contribution in [0.1, 0.15) is 4.88 Å². The Hall–Kier alpha value is -1.62. The lowest BCUT2D eigenvalue weighted by atomic mass is 10.3. The fraction of sp³-hybridized carbons (Fsp3) is 0.200. The van der Waals surface area contributed by atoms with Crippen molar-refractivity contribution in [2.45, 2.75) is 6.92 Å². The predicted molar refractivity (Wildman–Crippen MR) is 61.9 cm³/mol. The molecule has 0 aromatic carbocycles. The molecule has 0 aliphatic heterocycles. The summed E-state index contributed by atoms with van der Waals surface area (Å²) < 4.78 is 1.26. The number of nitrogen functional groups attached to an aromatic ring is 1. The first-order valence-electron chi connectivity index (χ1n) is 4.48. The number of rotatable bonds is 1. The van der Waals surface area contributed by atoms with Crippen LogP contribution in [0.4, 0.5) is 5.69 Å². The number of hydrogen-bond donors (Lipinski definition) is 1. The monoisotopic (exact) mass is 221 g/mol. The highest BCUT2D eigenvalue weighted by Crippen LogP contribution is 2.25. The maximum Gasteiger partial charge on any atom is 0.289 e. The minimum Gasteiger partial charge on any atom is -0.394 e. The van der Waals surface area contributed by atoms with E-state index in [1.54, 1.807) is 24.5 Å². The average Bonchev–Trinajstić information content (AvgIpc) is 2.60. The van der Waals surface area contributed by atoms with Crippen molar-refractivity contribution in [2.75, 3.05) is 5.73 Å². The van der Waals surface area contributed by atoms with Crippen LogP contribution in [0.2, 0.25) is 0 Å². The molecule has 0 saturated heterocycles. The number of aromatic nitrogens is 2. The Labute approximate surface area is 91.0 Å². The lowest BCUT2D eigenvalue weighted by Crippen LogP contribution is -2.22. The molecule has 0 unspecified atom stereocenters. The van der Waals surface area contributed by atoms with Gasteiger partial charge in [-0.05, 0) is 25.1 Å². The Bertz CT molecular complexity index is 530. The van der Waals surface area contributed by atoms with Crippen molar-refractivity contribution in [2.24, 2.45) is 7.05 Å². The molecule has 0 aliphatic carbocycles. The van der Waals surface area contributed by atoms with E-state index in [4.69, 9.17) is 5.73 Å². The van der Waals surface area contributed by atoms with Crippen LogP contribution in [-0.2, 0) is 7.05 Å². The van der Waals surface area contributed by atoms with Gasteiger partial charge in [0.2, 0.25) is 0 Å². The molecular formula is C10H11N3OS. The molecule has 0 aliphatic rings. The minimum atomic E-state index is -0.257. The summed E-state index contributed by atoms with van der Waals surface area (Å²) in [4.78, 5) is 13.6. The Kier molecular flexibility index (Phi) is 2.32. The molecule has 78 valence electrons. The van der Waals surface area contributed by atoms with E-state index in [9.17, 15) is 4.79 Å². The lowest BCUT2D eigenvalue weighted by molar-refractivity contribution is 0.716. The van der Waals surface area contributed by atoms with Gasteiger partial charge in [-0.15, -0.1) is 11.3 Å². The second-order valence-corrected chi connectivity index (χ2v) is 4.61. The number of aryl methyl sites for hydroxylation is 2. The molecule has 2 aromatic rings. The Balaban J connectivity index is 2.60. The van der Waals surface area contributed by atoms with Gasteiger partial charge in [0.25, 0.3) is 5.56 Å². The van der Waals surface area contributed by atoms with E-state index in [1.165, 1.54) is 9.56 Å². The Morgan fingerprint density at radius 2 is 2.20 bits per heavy atom. The van der Waals surface area contributed by atoms with Gasteiger partial charge in [0.05, 0.1) is 4.88 Å². The first kappa shape index (κ1) is 9.92. The minimum absolute atomic E-state index is 0.230. The Morgan fingerprint density at radius 3 is 2.73 bits per heavy atom. The molecule has 2 rings (SSSR count). The van der Waals surface area contributed by atoms with Gasteiger partial charge in [0.15, 0.2) is 0 Å². The summed E-state index contributed by atoms with van der Waals surface area (Å²) in [6.45, 7) is 2.03. The van der Waals surface area contributed by atoms with E-state index in [2.05, 4.69) is 5.10 Å². The third-order valence-corrected chi connectivity index (χ3v) is 3.11. The first-order valence-corrected chi connectivity index (χ1v) is 5.30. The molecule has 0 spiro atoms. The summed E-state index contributed by atoms with van der Waals surface area (Å²) in [7, 11) is 1.60. The molecule has 15 heavy (non-hydrogen) atoms. The second kappa shape index (κ2) is 3.51. The zero-order chi connectivity index (χ0) is 11.0. The van der Waals surface area contributed by atoms with E-state index in [-0.39, 0.29) is 11.2 Å². The zero-order valence-electron chi connectivity index (χ0n) is 8.52. The van der Waals surface area contributed by atoms with E-state index in [0.717, 1.165) is 10.6 Å². The van der Waals surface area contributed by atoms with E-state index in [0.29, 0.717) is 0 Å². The van der Waals surface area contributed by atoms with Gasteiger partial charge >= 0.3 is 0 Å². The SMILES string of the molecule is Cc1ccc(-c2cc(N)c(=O)n(C)n2)s1. The molecule has 0 fully saturated rings. The molecule has 2 N–H and O–H groups in total. The van der Waals surface area contributed by atoms with Crippen LogP contribution in [0.25, 0.3) is 10.6 Å². The molecule has 0 bridgehead atoms. The molecule has 0 atom stereocenters. The standard InChI is InChI=1S/C10H11N3OS/c1-6-3-4-9(15-6)8-5-7(11)10(14)13(2)12-8/h3-5H,11H2,1-2H3. The smallest absolute Gasteiger partial charge is 0.289 e. The van der Waals surface area contributed by atoms with Crippen LogP contribution >= 0.6 is 11.3 Å². The molecule has 0 amide bonds. The van der Waals surface area contributed by atoms with Crippen molar-refractivity contribution in [3.05, 3.63) is 33.4 Å². The topological polar surface area (TPSA) is 60.9 Å². The highest BCUT2D eigenvalue weighted by atomic mass is 32.1. The van der Waals surface area contributed by atoms with E-state index >= 15 is 0 Å². The van der Waals surface area contributed by atoms with Gasteiger partial charge in [-0.1, -0.05) is 0 Å². The van der Waals surface area contributed by atoms with Gasteiger partial charge in [-0.3, -0.25) is 4.79 Å². The normalized spacial score (nSPS) is 10.5. The van der Waals surface area contributed by atoms with Crippen molar-refractivity contribution in [1.82, 2.24) is 9.78 Å². The van der Waals surface area contributed by atoms with Gasteiger partial charge in [-0.25, -0.2) is 4.68 Å². The fourth-order valence-electron chi connectivity index (χ4n) is 1.32. The number of nitrogens with two attached hydrogens (primary N) is 1. The van der Waals surface area contributed by atoms with Crippen LogP contribution < -0.4 is 11.3 Å². The third kappa shape index (κ3) is 1.78. The maximum atomic E-state index is 11.3. The molecule has 0 saturated carbocycles. The fourth-order valence-corrected chi connectivity index (χ4v) is 2.15. The molecular weight excluding hydrogens is 210 g/mol. The number of nitrogens with zero attached hydrogens (tertiary/aromatic N) is 2.